The number of aromatic nitrogens is 1. The third-order valence-corrected chi connectivity index (χ3v) is 3.69. The average Bonchev–Trinajstić information content (AvgIpc) is 2.36. The van der Waals surface area contributed by atoms with E-state index in [1.165, 1.54) is 18.2 Å². The molecule has 0 aliphatic carbocycles. The first-order valence-electron chi connectivity index (χ1n) is 5.67. The number of aromatic hydroxyl groups is 1. The number of hydrogen-bond acceptors (Lipinski definition) is 3. The fourth-order valence-electron chi connectivity index (χ4n) is 1.54. The minimum Gasteiger partial charge on any atom is -0.493 e. The number of amides is 1. The van der Waals surface area contributed by atoms with Crippen LogP contribution in [0.5, 0.6) is 5.88 Å². The van der Waals surface area contributed by atoms with Gasteiger partial charge in [0.05, 0.1) is 0 Å². The van der Waals surface area contributed by atoms with Crippen molar-refractivity contribution in [3.05, 3.63) is 48.2 Å². The molecule has 1 aromatic heterocycles. The predicted molar refractivity (Wildman–Crippen MR) is 71.7 cm³/mol. The highest BCUT2D eigenvalue weighted by Crippen LogP contribution is 3.02. The first kappa shape index (κ1) is 16.0. The molecule has 0 atom stereocenters. The van der Waals surface area contributed by atoms with E-state index in [1.807, 2.05) is 0 Å². The van der Waals surface area contributed by atoms with E-state index in [2.05, 4.69) is 10.3 Å². The lowest BCUT2D eigenvalue weighted by Gasteiger charge is -2.40. The van der Waals surface area contributed by atoms with Crippen molar-refractivity contribution >= 4 is 21.8 Å². The van der Waals surface area contributed by atoms with Crippen molar-refractivity contribution in [1.82, 2.24) is 4.98 Å². The Hall–Kier alpha value is -2.36. The standard InChI is InChI=1S/C12H9F5N2O2S/c13-22(14,15,16,17)9-6-4-8(5-7-9)18-12(21)10-2-1-3-11(20)19-10/h1-7H,(H,18,21)(H,19,20). The maximum atomic E-state index is 12.5. The molecule has 0 aliphatic heterocycles. The summed E-state index contributed by atoms with van der Waals surface area (Å²) >= 11 is 0. The molecule has 0 radical (unpaired) electrons. The zero-order chi connectivity index (χ0) is 16.7. The topological polar surface area (TPSA) is 62.2 Å². The summed E-state index contributed by atoms with van der Waals surface area (Å²) in [6.07, 6.45) is 0. The van der Waals surface area contributed by atoms with E-state index in [1.54, 1.807) is 0 Å². The van der Waals surface area contributed by atoms with Gasteiger partial charge in [-0.15, -0.1) is 0 Å². The largest absolute Gasteiger partial charge is 0.493 e. The molecule has 1 amide bonds. The maximum Gasteiger partial charge on any atom is 0.310 e. The van der Waals surface area contributed by atoms with Crippen LogP contribution < -0.4 is 5.32 Å². The zero-order valence-electron chi connectivity index (χ0n) is 10.6. The van der Waals surface area contributed by atoms with E-state index in [0.717, 1.165) is 0 Å². The lowest BCUT2D eigenvalue weighted by atomic mass is 10.3. The van der Waals surface area contributed by atoms with Crippen molar-refractivity contribution in [3.8, 4) is 5.88 Å². The molecule has 0 bridgehead atoms. The van der Waals surface area contributed by atoms with Crippen LogP contribution in [0.4, 0.5) is 25.1 Å². The van der Waals surface area contributed by atoms with Gasteiger partial charge in [0, 0.05) is 11.8 Å². The number of hydrogen-bond donors (Lipinski definition) is 2. The Morgan fingerprint density at radius 3 is 2.09 bits per heavy atom. The summed E-state index contributed by atoms with van der Waals surface area (Å²) in [4.78, 5) is 13.2. The lowest BCUT2D eigenvalue weighted by Crippen LogP contribution is -2.13. The highest BCUT2D eigenvalue weighted by atomic mass is 32.5. The SMILES string of the molecule is O=C(Nc1ccc(S(F)(F)(F)(F)F)cc1)c1cccc(O)n1. The number of benzene rings is 1. The summed E-state index contributed by atoms with van der Waals surface area (Å²) in [6.45, 7) is 0. The number of nitrogens with one attached hydrogen (secondary N) is 1. The molecule has 2 N–H and O–H groups in total. The highest BCUT2D eigenvalue weighted by molar-refractivity contribution is 8.45. The van der Waals surface area contributed by atoms with E-state index in [4.69, 9.17) is 5.11 Å². The first-order valence-corrected chi connectivity index (χ1v) is 7.62. The average molecular weight is 340 g/mol. The fraction of sp³-hybridized carbons (Fsp3) is 0. The normalized spacial score (nSPS) is 14.8. The quantitative estimate of drug-likeness (QED) is 0.797. The zero-order valence-corrected chi connectivity index (χ0v) is 11.5. The molecule has 0 aliphatic rings. The Morgan fingerprint density at radius 1 is 1.00 bits per heavy atom. The van der Waals surface area contributed by atoms with Crippen LogP contribution in [0, 0.1) is 0 Å². The third-order valence-electron chi connectivity index (χ3n) is 2.52. The van der Waals surface area contributed by atoms with Crippen molar-refractivity contribution in [1.29, 1.82) is 0 Å². The third kappa shape index (κ3) is 3.85. The van der Waals surface area contributed by atoms with Crippen LogP contribution >= 0.6 is 10.2 Å². The first-order chi connectivity index (χ1) is 9.85. The van der Waals surface area contributed by atoms with Crippen LogP contribution in [0.2, 0.25) is 0 Å². The summed E-state index contributed by atoms with van der Waals surface area (Å²) in [5, 5.41) is 11.3. The van der Waals surface area contributed by atoms with Gasteiger partial charge in [-0.1, -0.05) is 25.5 Å². The Kier molecular flexibility index (Phi) is 3.15. The molecule has 0 fully saturated rings. The number of carbonyl (C=O) groups excluding carboxylic acids is 1. The Balaban J connectivity index is 2.21. The van der Waals surface area contributed by atoms with Crippen LogP contribution in [-0.2, 0) is 0 Å². The molecule has 22 heavy (non-hydrogen) atoms. The van der Waals surface area contributed by atoms with Crippen molar-refractivity contribution in [3.63, 3.8) is 0 Å². The predicted octanol–water partition coefficient (Wildman–Crippen LogP) is 4.70. The maximum absolute atomic E-state index is 12.5. The van der Waals surface area contributed by atoms with E-state index in [0.29, 0.717) is 12.1 Å². The molecule has 1 aromatic carbocycles. The van der Waals surface area contributed by atoms with E-state index in [-0.39, 0.29) is 23.5 Å². The number of nitrogens with zero attached hydrogens (tertiary/aromatic N) is 1. The van der Waals surface area contributed by atoms with Gasteiger partial charge >= 0.3 is 10.2 Å². The summed E-state index contributed by atoms with van der Waals surface area (Å²) in [5.74, 6) is -1.22. The molecule has 2 aromatic rings. The molecule has 0 saturated heterocycles. The van der Waals surface area contributed by atoms with E-state index in [9.17, 15) is 24.2 Å². The van der Waals surface area contributed by atoms with Gasteiger partial charge in [0.2, 0.25) is 5.88 Å². The van der Waals surface area contributed by atoms with Gasteiger partial charge in [0.1, 0.15) is 10.6 Å². The molecular formula is C12H9F5N2O2S. The van der Waals surface area contributed by atoms with Gasteiger partial charge in [-0.3, -0.25) is 4.79 Å². The van der Waals surface area contributed by atoms with Gasteiger partial charge in [-0.05, 0) is 30.3 Å². The highest BCUT2D eigenvalue weighted by Gasteiger charge is 2.65. The number of pyridine rings is 1. The fourth-order valence-corrected chi connectivity index (χ4v) is 2.19. The second-order valence-corrected chi connectivity index (χ2v) is 6.74. The molecule has 4 nitrogen and oxygen atoms in total. The molecule has 0 saturated carbocycles. The van der Waals surface area contributed by atoms with E-state index >= 15 is 0 Å². The minimum atomic E-state index is -9.73. The summed E-state index contributed by atoms with van der Waals surface area (Å²) in [5.41, 5.74) is -0.308. The summed E-state index contributed by atoms with van der Waals surface area (Å²) < 4.78 is 62.6. The van der Waals surface area contributed by atoms with Crippen LogP contribution in [0.25, 0.3) is 0 Å². The summed E-state index contributed by atoms with van der Waals surface area (Å²) in [6, 6.07) is 5.61. The molecule has 0 unspecified atom stereocenters. The van der Waals surface area contributed by atoms with Crippen molar-refractivity contribution < 1.29 is 29.3 Å². The number of rotatable bonds is 3. The lowest BCUT2D eigenvalue weighted by molar-refractivity contribution is 0.102. The second-order valence-electron chi connectivity index (χ2n) is 4.33. The molecule has 120 valence electrons. The smallest absolute Gasteiger partial charge is 0.310 e. The number of carbonyl (C=O) groups is 1. The molecule has 10 heteroatoms. The van der Waals surface area contributed by atoms with Gasteiger partial charge in [0.25, 0.3) is 5.91 Å². The molecule has 2 rings (SSSR count). The number of anilines is 1. The molecule has 1 heterocycles. The number of halogens is 5. The van der Waals surface area contributed by atoms with Gasteiger partial charge in [-0.25, -0.2) is 4.98 Å². The van der Waals surface area contributed by atoms with Crippen LogP contribution in [0.3, 0.4) is 0 Å². The minimum absolute atomic E-state index is 0.124. The summed E-state index contributed by atoms with van der Waals surface area (Å²) in [7, 11) is -9.73. The van der Waals surface area contributed by atoms with Gasteiger partial charge in [-0.2, -0.15) is 0 Å². The van der Waals surface area contributed by atoms with Gasteiger partial charge in [0.15, 0.2) is 0 Å². The van der Waals surface area contributed by atoms with Gasteiger partial charge < -0.3 is 10.4 Å². The Bertz CT molecular complexity index is 732. The van der Waals surface area contributed by atoms with Crippen molar-refractivity contribution in [2.45, 2.75) is 4.90 Å². The van der Waals surface area contributed by atoms with Crippen LogP contribution in [0.15, 0.2) is 47.4 Å². The Morgan fingerprint density at radius 2 is 1.59 bits per heavy atom. The molecular weight excluding hydrogens is 331 g/mol. The van der Waals surface area contributed by atoms with E-state index < -0.39 is 26.9 Å². The van der Waals surface area contributed by atoms with Crippen molar-refractivity contribution in [2.75, 3.05) is 5.32 Å². The second kappa shape index (κ2) is 4.32. The molecule has 0 spiro atoms. The monoisotopic (exact) mass is 340 g/mol. The van der Waals surface area contributed by atoms with Crippen LogP contribution in [0.1, 0.15) is 10.5 Å². The van der Waals surface area contributed by atoms with Crippen LogP contribution in [-0.4, -0.2) is 16.0 Å². The Labute approximate surface area is 121 Å². The van der Waals surface area contributed by atoms with Crippen molar-refractivity contribution in [2.24, 2.45) is 0 Å².